The van der Waals surface area contributed by atoms with Gasteiger partial charge in [-0.15, -0.1) is 0 Å². The lowest BCUT2D eigenvalue weighted by Gasteiger charge is -2.31. The third-order valence-electron chi connectivity index (χ3n) is 4.23. The van der Waals surface area contributed by atoms with Crippen molar-refractivity contribution in [2.75, 3.05) is 19.6 Å². The molecule has 2 heteroatoms. The molecule has 1 aromatic carbocycles. The number of carbonyl (C=O) groups is 1. The van der Waals surface area contributed by atoms with Crippen molar-refractivity contribution in [3.8, 4) is 0 Å². The molecule has 1 saturated heterocycles. The van der Waals surface area contributed by atoms with Gasteiger partial charge in [-0.2, -0.15) is 0 Å². The van der Waals surface area contributed by atoms with Crippen LogP contribution in [0.3, 0.4) is 0 Å². The number of likely N-dealkylation sites (tertiary alicyclic amines) is 1. The van der Waals surface area contributed by atoms with E-state index in [9.17, 15) is 4.79 Å². The molecule has 1 unspecified atom stereocenters. The highest BCUT2D eigenvalue weighted by Gasteiger charge is 2.21. The Morgan fingerprint density at radius 2 is 2.16 bits per heavy atom. The molecular weight excluding hydrogens is 234 g/mol. The van der Waals surface area contributed by atoms with Crippen LogP contribution in [0.4, 0.5) is 0 Å². The second kappa shape index (κ2) is 6.33. The Kier molecular flexibility index (Phi) is 4.76. The van der Waals surface area contributed by atoms with Gasteiger partial charge in [-0.25, -0.2) is 0 Å². The van der Waals surface area contributed by atoms with Crippen molar-refractivity contribution in [1.29, 1.82) is 0 Å². The van der Waals surface area contributed by atoms with Gasteiger partial charge >= 0.3 is 0 Å². The summed E-state index contributed by atoms with van der Waals surface area (Å²) in [4.78, 5) is 14.7. The van der Waals surface area contributed by atoms with Crippen LogP contribution in [0.15, 0.2) is 18.2 Å². The fourth-order valence-corrected chi connectivity index (χ4v) is 3.04. The predicted octanol–water partition coefficient (Wildman–Crippen LogP) is 3.61. The number of aryl methyl sites for hydroxylation is 2. The van der Waals surface area contributed by atoms with Crippen LogP contribution in [-0.4, -0.2) is 30.3 Å². The molecule has 1 fully saturated rings. The van der Waals surface area contributed by atoms with E-state index in [-0.39, 0.29) is 5.78 Å². The van der Waals surface area contributed by atoms with Crippen molar-refractivity contribution < 1.29 is 4.79 Å². The highest BCUT2D eigenvalue weighted by molar-refractivity contribution is 5.98. The summed E-state index contributed by atoms with van der Waals surface area (Å²) >= 11 is 0. The molecule has 2 nitrogen and oxygen atoms in total. The third kappa shape index (κ3) is 3.66. The van der Waals surface area contributed by atoms with Gasteiger partial charge in [0.25, 0.3) is 0 Å². The number of benzene rings is 1. The fourth-order valence-electron chi connectivity index (χ4n) is 3.04. The monoisotopic (exact) mass is 259 g/mol. The third-order valence-corrected chi connectivity index (χ3v) is 4.23. The number of Topliss-reactive ketones (excluding diaryl/α,β-unsaturated/α-hetero) is 1. The number of ketones is 1. The quantitative estimate of drug-likeness (QED) is 0.770. The van der Waals surface area contributed by atoms with Crippen molar-refractivity contribution >= 4 is 5.78 Å². The zero-order chi connectivity index (χ0) is 13.8. The van der Waals surface area contributed by atoms with Crippen LogP contribution >= 0.6 is 0 Å². The van der Waals surface area contributed by atoms with E-state index in [0.717, 1.165) is 30.1 Å². The van der Waals surface area contributed by atoms with Gasteiger partial charge in [-0.05, 0) is 44.7 Å². The standard InChI is InChI=1S/C17H25NO/c1-4-15-6-5-9-18(11-15)12-17(19)16-8-7-13(2)10-14(16)3/h7-8,10,15H,4-6,9,11-12H2,1-3H3. The molecule has 0 spiro atoms. The van der Waals surface area contributed by atoms with Gasteiger partial charge in [-0.3, -0.25) is 9.69 Å². The van der Waals surface area contributed by atoms with Gasteiger partial charge in [-0.1, -0.05) is 37.1 Å². The molecule has 1 atom stereocenters. The molecule has 1 aliphatic heterocycles. The number of rotatable bonds is 4. The fraction of sp³-hybridized carbons (Fsp3) is 0.588. The highest BCUT2D eigenvalue weighted by Crippen LogP contribution is 2.20. The first-order chi connectivity index (χ1) is 9.10. The Labute approximate surface area is 116 Å². The molecule has 0 bridgehead atoms. The summed E-state index contributed by atoms with van der Waals surface area (Å²) in [6, 6.07) is 6.11. The molecule has 0 radical (unpaired) electrons. The minimum absolute atomic E-state index is 0.272. The number of carbonyl (C=O) groups excluding carboxylic acids is 1. The molecule has 0 N–H and O–H groups in total. The second-order valence-corrected chi connectivity index (χ2v) is 5.89. The Hall–Kier alpha value is -1.15. The Balaban J connectivity index is 2.00. The topological polar surface area (TPSA) is 20.3 Å². The summed E-state index contributed by atoms with van der Waals surface area (Å²) in [5.41, 5.74) is 3.22. The second-order valence-electron chi connectivity index (χ2n) is 5.89. The number of piperidine rings is 1. The normalized spacial score (nSPS) is 20.5. The first-order valence-corrected chi connectivity index (χ1v) is 7.43. The SMILES string of the molecule is CCC1CCCN(CC(=O)c2ccc(C)cc2C)C1. The van der Waals surface area contributed by atoms with Crippen molar-refractivity contribution in [1.82, 2.24) is 4.90 Å². The van der Waals surface area contributed by atoms with Crippen molar-refractivity contribution in [2.45, 2.75) is 40.0 Å². The van der Waals surface area contributed by atoms with Crippen LogP contribution in [0.25, 0.3) is 0 Å². The molecule has 104 valence electrons. The number of hydrogen-bond donors (Lipinski definition) is 0. The lowest BCUT2D eigenvalue weighted by molar-refractivity contribution is 0.0884. The molecule has 2 rings (SSSR count). The number of hydrogen-bond acceptors (Lipinski definition) is 2. The van der Waals surface area contributed by atoms with Gasteiger partial charge < -0.3 is 0 Å². The van der Waals surface area contributed by atoms with E-state index in [4.69, 9.17) is 0 Å². The smallest absolute Gasteiger partial charge is 0.177 e. The van der Waals surface area contributed by atoms with E-state index in [1.54, 1.807) is 0 Å². The molecule has 0 aromatic heterocycles. The van der Waals surface area contributed by atoms with Crippen molar-refractivity contribution in [3.05, 3.63) is 34.9 Å². The van der Waals surface area contributed by atoms with Crippen LogP contribution < -0.4 is 0 Å². The Morgan fingerprint density at radius 1 is 1.37 bits per heavy atom. The highest BCUT2D eigenvalue weighted by atomic mass is 16.1. The first kappa shape index (κ1) is 14.3. The summed E-state index contributed by atoms with van der Waals surface area (Å²) in [5.74, 6) is 1.05. The average Bonchev–Trinajstić information content (AvgIpc) is 2.38. The maximum Gasteiger partial charge on any atom is 0.177 e. The average molecular weight is 259 g/mol. The van der Waals surface area contributed by atoms with E-state index < -0.39 is 0 Å². The zero-order valence-corrected chi connectivity index (χ0v) is 12.4. The van der Waals surface area contributed by atoms with Gasteiger partial charge in [0.05, 0.1) is 6.54 Å². The zero-order valence-electron chi connectivity index (χ0n) is 12.4. The van der Waals surface area contributed by atoms with Gasteiger partial charge in [0, 0.05) is 12.1 Å². The predicted molar refractivity (Wildman–Crippen MR) is 79.7 cm³/mol. The maximum absolute atomic E-state index is 12.4. The molecule has 1 heterocycles. The van der Waals surface area contributed by atoms with E-state index in [2.05, 4.69) is 24.8 Å². The molecule has 0 saturated carbocycles. The molecule has 1 aliphatic rings. The summed E-state index contributed by atoms with van der Waals surface area (Å²) in [6.07, 6.45) is 3.79. The minimum Gasteiger partial charge on any atom is -0.296 e. The number of nitrogens with zero attached hydrogens (tertiary/aromatic N) is 1. The minimum atomic E-state index is 0.272. The van der Waals surface area contributed by atoms with Crippen molar-refractivity contribution in [3.63, 3.8) is 0 Å². The van der Waals surface area contributed by atoms with Crippen molar-refractivity contribution in [2.24, 2.45) is 5.92 Å². The molecule has 19 heavy (non-hydrogen) atoms. The van der Waals surface area contributed by atoms with E-state index in [0.29, 0.717) is 6.54 Å². The van der Waals surface area contributed by atoms with E-state index in [1.165, 1.54) is 24.8 Å². The maximum atomic E-state index is 12.4. The summed E-state index contributed by atoms with van der Waals surface area (Å²) in [7, 11) is 0. The lowest BCUT2D eigenvalue weighted by Crippen LogP contribution is -2.38. The molecule has 1 aromatic rings. The summed E-state index contributed by atoms with van der Waals surface area (Å²) < 4.78 is 0. The molecular formula is C17H25NO. The van der Waals surface area contributed by atoms with Crippen LogP contribution in [-0.2, 0) is 0 Å². The first-order valence-electron chi connectivity index (χ1n) is 7.43. The van der Waals surface area contributed by atoms with Gasteiger partial charge in [0.1, 0.15) is 0 Å². The van der Waals surface area contributed by atoms with Crippen LogP contribution in [0.5, 0.6) is 0 Å². The molecule has 0 aliphatic carbocycles. The Bertz CT molecular complexity index is 453. The summed E-state index contributed by atoms with van der Waals surface area (Å²) in [6.45, 7) is 9.10. The summed E-state index contributed by atoms with van der Waals surface area (Å²) in [5, 5.41) is 0. The lowest BCUT2D eigenvalue weighted by atomic mass is 9.95. The van der Waals surface area contributed by atoms with Gasteiger partial charge in [0.2, 0.25) is 0 Å². The van der Waals surface area contributed by atoms with Crippen LogP contribution in [0.2, 0.25) is 0 Å². The van der Waals surface area contributed by atoms with E-state index >= 15 is 0 Å². The van der Waals surface area contributed by atoms with Gasteiger partial charge in [0.15, 0.2) is 5.78 Å². The molecule has 0 amide bonds. The largest absolute Gasteiger partial charge is 0.296 e. The van der Waals surface area contributed by atoms with Crippen LogP contribution in [0.1, 0.15) is 47.7 Å². The van der Waals surface area contributed by atoms with E-state index in [1.807, 2.05) is 19.1 Å². The van der Waals surface area contributed by atoms with Crippen LogP contribution in [0, 0.1) is 19.8 Å². The Morgan fingerprint density at radius 3 is 2.84 bits per heavy atom.